The molecular formula is C18H24FN3O2. The minimum absolute atomic E-state index is 0.0227. The van der Waals surface area contributed by atoms with E-state index in [-0.39, 0.29) is 29.6 Å². The number of piperidine rings is 1. The molecule has 24 heavy (non-hydrogen) atoms. The van der Waals surface area contributed by atoms with Crippen LogP contribution in [0.15, 0.2) is 24.3 Å². The molecular weight excluding hydrogens is 309 g/mol. The average Bonchev–Trinajstić information content (AvgIpc) is 2.61. The van der Waals surface area contributed by atoms with Gasteiger partial charge in [-0.3, -0.25) is 9.59 Å². The standard InChI is InChI=1S/C18H24FN3O2/c1-13(23)21-8-3-5-15(12-21)18(24)22-9-7-20-11-17(22)14-4-2-6-16(19)10-14/h2,4,6,10,15,17,20H,3,5,7-9,11-12H2,1H3. The Morgan fingerprint density at radius 1 is 1.29 bits per heavy atom. The molecule has 0 bridgehead atoms. The lowest BCUT2D eigenvalue weighted by atomic mass is 9.94. The van der Waals surface area contributed by atoms with E-state index in [0.717, 1.165) is 31.5 Å². The number of piperazine rings is 1. The highest BCUT2D eigenvalue weighted by molar-refractivity contribution is 5.81. The van der Waals surface area contributed by atoms with Crippen molar-refractivity contribution in [3.05, 3.63) is 35.6 Å². The first-order chi connectivity index (χ1) is 11.6. The predicted molar refractivity (Wildman–Crippen MR) is 88.7 cm³/mol. The third-order valence-electron chi connectivity index (χ3n) is 4.98. The highest BCUT2D eigenvalue weighted by Crippen LogP contribution is 2.27. The zero-order valence-corrected chi connectivity index (χ0v) is 14.0. The second-order valence-electron chi connectivity index (χ2n) is 6.61. The Kier molecular flexibility index (Phi) is 5.14. The first-order valence-electron chi connectivity index (χ1n) is 8.58. The van der Waals surface area contributed by atoms with Crippen molar-refractivity contribution in [3.8, 4) is 0 Å². The maximum Gasteiger partial charge on any atom is 0.228 e. The van der Waals surface area contributed by atoms with Gasteiger partial charge in [0.1, 0.15) is 5.82 Å². The van der Waals surface area contributed by atoms with E-state index in [1.807, 2.05) is 11.0 Å². The predicted octanol–water partition coefficient (Wildman–Crippen LogP) is 1.56. The molecule has 2 aliphatic heterocycles. The van der Waals surface area contributed by atoms with Crippen LogP contribution in [0.5, 0.6) is 0 Å². The summed E-state index contributed by atoms with van der Waals surface area (Å²) in [6.45, 7) is 4.74. The average molecular weight is 333 g/mol. The smallest absolute Gasteiger partial charge is 0.228 e. The van der Waals surface area contributed by atoms with Gasteiger partial charge in [-0.1, -0.05) is 12.1 Å². The lowest BCUT2D eigenvalue weighted by Gasteiger charge is -2.40. The minimum atomic E-state index is -0.286. The minimum Gasteiger partial charge on any atom is -0.342 e. The van der Waals surface area contributed by atoms with Crippen molar-refractivity contribution in [1.82, 2.24) is 15.1 Å². The number of hydrogen-bond donors (Lipinski definition) is 1. The van der Waals surface area contributed by atoms with Crippen molar-refractivity contribution in [3.63, 3.8) is 0 Å². The highest BCUT2D eigenvalue weighted by Gasteiger charge is 2.35. The summed E-state index contributed by atoms with van der Waals surface area (Å²) in [6, 6.07) is 6.30. The molecule has 2 amide bonds. The summed E-state index contributed by atoms with van der Waals surface area (Å²) in [6.07, 6.45) is 1.66. The molecule has 3 rings (SSSR count). The fraction of sp³-hybridized carbons (Fsp3) is 0.556. The van der Waals surface area contributed by atoms with Gasteiger partial charge in [0.15, 0.2) is 0 Å². The second kappa shape index (κ2) is 7.30. The summed E-state index contributed by atoms with van der Waals surface area (Å²) in [5, 5.41) is 3.29. The summed E-state index contributed by atoms with van der Waals surface area (Å²) in [7, 11) is 0. The number of carbonyl (C=O) groups is 2. The van der Waals surface area contributed by atoms with Gasteiger partial charge in [0, 0.05) is 39.6 Å². The van der Waals surface area contributed by atoms with Crippen LogP contribution in [0.4, 0.5) is 4.39 Å². The monoisotopic (exact) mass is 333 g/mol. The molecule has 2 heterocycles. The molecule has 0 aromatic heterocycles. The number of nitrogens with zero attached hydrogens (tertiary/aromatic N) is 2. The van der Waals surface area contributed by atoms with Crippen molar-refractivity contribution < 1.29 is 14.0 Å². The largest absolute Gasteiger partial charge is 0.342 e. The van der Waals surface area contributed by atoms with Crippen molar-refractivity contribution in [2.24, 2.45) is 5.92 Å². The van der Waals surface area contributed by atoms with Crippen LogP contribution in [-0.4, -0.2) is 54.3 Å². The van der Waals surface area contributed by atoms with Gasteiger partial charge in [-0.25, -0.2) is 4.39 Å². The summed E-state index contributed by atoms with van der Waals surface area (Å²) in [4.78, 5) is 28.3. The Labute approximate surface area is 141 Å². The van der Waals surface area contributed by atoms with Crippen LogP contribution < -0.4 is 5.32 Å². The van der Waals surface area contributed by atoms with Gasteiger partial charge in [-0.15, -0.1) is 0 Å². The van der Waals surface area contributed by atoms with Gasteiger partial charge in [-0.2, -0.15) is 0 Å². The molecule has 130 valence electrons. The highest BCUT2D eigenvalue weighted by atomic mass is 19.1. The molecule has 0 aliphatic carbocycles. The van der Waals surface area contributed by atoms with E-state index < -0.39 is 0 Å². The SMILES string of the molecule is CC(=O)N1CCCC(C(=O)N2CCNCC2c2cccc(F)c2)C1. The lowest BCUT2D eigenvalue weighted by Crippen LogP contribution is -2.53. The first kappa shape index (κ1) is 16.9. The molecule has 5 nitrogen and oxygen atoms in total. The third-order valence-corrected chi connectivity index (χ3v) is 4.98. The third kappa shape index (κ3) is 3.59. The Morgan fingerprint density at radius 3 is 2.88 bits per heavy atom. The van der Waals surface area contributed by atoms with Gasteiger partial charge >= 0.3 is 0 Å². The van der Waals surface area contributed by atoms with Crippen LogP contribution in [0.2, 0.25) is 0 Å². The van der Waals surface area contributed by atoms with Crippen molar-refractivity contribution in [2.45, 2.75) is 25.8 Å². The van der Waals surface area contributed by atoms with Gasteiger partial charge in [-0.05, 0) is 30.5 Å². The van der Waals surface area contributed by atoms with Crippen LogP contribution in [0.1, 0.15) is 31.4 Å². The van der Waals surface area contributed by atoms with E-state index in [9.17, 15) is 14.0 Å². The molecule has 1 N–H and O–H groups in total. The fourth-order valence-corrected chi connectivity index (χ4v) is 3.68. The zero-order chi connectivity index (χ0) is 17.1. The van der Waals surface area contributed by atoms with Crippen molar-refractivity contribution in [2.75, 3.05) is 32.7 Å². The van der Waals surface area contributed by atoms with Gasteiger partial charge in [0.05, 0.1) is 12.0 Å². The molecule has 1 aromatic rings. The summed E-state index contributed by atoms with van der Waals surface area (Å²) < 4.78 is 13.6. The number of likely N-dealkylation sites (tertiary alicyclic amines) is 1. The first-order valence-corrected chi connectivity index (χ1v) is 8.58. The molecule has 2 saturated heterocycles. The van der Waals surface area contributed by atoms with E-state index in [2.05, 4.69) is 5.32 Å². The Balaban J connectivity index is 1.77. The van der Waals surface area contributed by atoms with Crippen molar-refractivity contribution in [1.29, 1.82) is 0 Å². The number of benzene rings is 1. The summed E-state index contributed by atoms with van der Waals surface area (Å²) in [5.41, 5.74) is 0.815. The Hall–Kier alpha value is -1.95. The second-order valence-corrected chi connectivity index (χ2v) is 6.61. The van der Waals surface area contributed by atoms with Crippen LogP contribution >= 0.6 is 0 Å². The molecule has 2 aliphatic rings. The molecule has 0 saturated carbocycles. The van der Waals surface area contributed by atoms with Gasteiger partial charge in [0.2, 0.25) is 11.8 Å². The number of hydrogen-bond acceptors (Lipinski definition) is 3. The molecule has 6 heteroatoms. The normalized spacial score (nSPS) is 24.8. The molecule has 0 radical (unpaired) electrons. The van der Waals surface area contributed by atoms with E-state index >= 15 is 0 Å². The Bertz CT molecular complexity index is 622. The summed E-state index contributed by atoms with van der Waals surface area (Å²) in [5.74, 6) is -0.339. The van der Waals surface area contributed by atoms with E-state index in [1.54, 1.807) is 17.9 Å². The number of halogens is 1. The quantitative estimate of drug-likeness (QED) is 0.894. The van der Waals surface area contributed by atoms with Gasteiger partial charge in [0.25, 0.3) is 0 Å². The number of amides is 2. The Morgan fingerprint density at radius 2 is 2.12 bits per heavy atom. The number of carbonyl (C=O) groups excluding carboxylic acids is 2. The maximum atomic E-state index is 13.6. The summed E-state index contributed by atoms with van der Waals surface area (Å²) >= 11 is 0. The van der Waals surface area contributed by atoms with E-state index in [0.29, 0.717) is 19.6 Å². The molecule has 2 atom stereocenters. The molecule has 0 spiro atoms. The van der Waals surface area contributed by atoms with Crippen LogP contribution in [-0.2, 0) is 9.59 Å². The zero-order valence-electron chi connectivity index (χ0n) is 14.0. The van der Waals surface area contributed by atoms with Crippen LogP contribution in [0.25, 0.3) is 0 Å². The molecule has 2 fully saturated rings. The molecule has 2 unspecified atom stereocenters. The van der Waals surface area contributed by atoms with Crippen LogP contribution in [0.3, 0.4) is 0 Å². The van der Waals surface area contributed by atoms with Gasteiger partial charge < -0.3 is 15.1 Å². The molecule has 1 aromatic carbocycles. The number of nitrogens with one attached hydrogen (secondary N) is 1. The van der Waals surface area contributed by atoms with Crippen LogP contribution in [0, 0.1) is 11.7 Å². The number of rotatable bonds is 2. The maximum absolute atomic E-state index is 13.6. The fourth-order valence-electron chi connectivity index (χ4n) is 3.68. The topological polar surface area (TPSA) is 52.7 Å². The van der Waals surface area contributed by atoms with Crippen molar-refractivity contribution >= 4 is 11.8 Å². The lowest BCUT2D eigenvalue weighted by molar-refractivity contribution is -0.143. The van der Waals surface area contributed by atoms with E-state index in [1.165, 1.54) is 12.1 Å². The van der Waals surface area contributed by atoms with E-state index in [4.69, 9.17) is 0 Å².